The van der Waals surface area contributed by atoms with Crippen LogP contribution >= 0.6 is 11.3 Å². The topological polar surface area (TPSA) is 118 Å². The van der Waals surface area contributed by atoms with Crippen molar-refractivity contribution in [3.8, 4) is 16.3 Å². The van der Waals surface area contributed by atoms with E-state index in [-0.39, 0.29) is 34.2 Å². The number of aromatic hydroxyl groups is 1. The molecule has 1 aliphatic carbocycles. The Labute approximate surface area is 237 Å². The van der Waals surface area contributed by atoms with Gasteiger partial charge in [0.2, 0.25) is 5.43 Å². The van der Waals surface area contributed by atoms with Crippen LogP contribution in [0.15, 0.2) is 39.9 Å². The van der Waals surface area contributed by atoms with Gasteiger partial charge in [0.25, 0.3) is 5.91 Å². The lowest BCUT2D eigenvalue weighted by Gasteiger charge is -2.56. The van der Waals surface area contributed by atoms with E-state index in [0.717, 1.165) is 42.0 Å². The number of amides is 1. The highest BCUT2D eigenvalue weighted by Gasteiger charge is 2.51. The second-order valence-electron chi connectivity index (χ2n) is 10.5. The molecule has 1 aromatic carbocycles. The number of nitrogens with zero attached hydrogens (tertiary/aromatic N) is 6. The molecule has 1 spiro atoms. The fraction of sp³-hybridized carbons (Fsp3) is 0.393. The summed E-state index contributed by atoms with van der Waals surface area (Å²) < 4.78 is 34.7. The highest BCUT2D eigenvalue weighted by molar-refractivity contribution is 7.14. The molecule has 0 atom stereocenters. The summed E-state index contributed by atoms with van der Waals surface area (Å²) in [6.07, 6.45) is 5.94. The summed E-state index contributed by atoms with van der Waals surface area (Å²) >= 11 is 1.06. The van der Waals surface area contributed by atoms with Gasteiger partial charge in [-0.25, -0.2) is 13.8 Å². The Balaban J connectivity index is 1.35. The third-order valence-electron chi connectivity index (χ3n) is 8.18. The minimum absolute atomic E-state index is 0.0558. The van der Waals surface area contributed by atoms with Gasteiger partial charge in [0.05, 0.1) is 11.3 Å². The van der Waals surface area contributed by atoms with Gasteiger partial charge in [0, 0.05) is 38.2 Å². The molecule has 4 aromatic rings. The van der Waals surface area contributed by atoms with Gasteiger partial charge in [-0.1, -0.05) is 17.4 Å². The predicted octanol–water partition coefficient (Wildman–Crippen LogP) is 4.34. The van der Waals surface area contributed by atoms with E-state index in [9.17, 15) is 23.5 Å². The number of pyridine rings is 1. The average molecular weight is 583 g/mol. The Morgan fingerprint density at radius 1 is 1.20 bits per heavy atom. The number of aryl methyl sites for hydroxylation is 1. The van der Waals surface area contributed by atoms with Crippen LogP contribution < -0.4 is 10.4 Å². The molecule has 4 heterocycles. The third kappa shape index (κ3) is 4.39. The van der Waals surface area contributed by atoms with Crippen LogP contribution in [0.5, 0.6) is 5.75 Å². The summed E-state index contributed by atoms with van der Waals surface area (Å²) in [4.78, 5) is 33.3. The van der Waals surface area contributed by atoms with Gasteiger partial charge < -0.3 is 14.4 Å². The van der Waals surface area contributed by atoms with Crippen LogP contribution in [-0.2, 0) is 6.42 Å². The van der Waals surface area contributed by atoms with Gasteiger partial charge in [-0.05, 0) is 51.2 Å². The van der Waals surface area contributed by atoms with E-state index in [0.29, 0.717) is 30.3 Å². The Kier molecular flexibility index (Phi) is 6.63. The van der Waals surface area contributed by atoms with Gasteiger partial charge in [-0.3, -0.25) is 19.3 Å². The second-order valence-corrected chi connectivity index (χ2v) is 11.5. The van der Waals surface area contributed by atoms with Crippen molar-refractivity contribution < 1.29 is 23.1 Å². The first-order valence-corrected chi connectivity index (χ1v) is 14.2. The fourth-order valence-electron chi connectivity index (χ4n) is 6.05. The van der Waals surface area contributed by atoms with Crippen LogP contribution in [0.3, 0.4) is 0 Å². The summed E-state index contributed by atoms with van der Waals surface area (Å²) in [6, 6.07) is 3.30. The van der Waals surface area contributed by atoms with Crippen molar-refractivity contribution in [1.82, 2.24) is 24.8 Å². The predicted molar refractivity (Wildman–Crippen MR) is 146 cm³/mol. The van der Waals surface area contributed by atoms with E-state index in [1.165, 1.54) is 16.9 Å². The zero-order valence-corrected chi connectivity index (χ0v) is 23.5. The molecule has 2 aliphatic rings. The number of rotatable bonds is 5. The van der Waals surface area contributed by atoms with E-state index in [1.807, 2.05) is 25.9 Å². The smallest absolute Gasteiger partial charge is 0.278 e. The van der Waals surface area contributed by atoms with Crippen LogP contribution in [0.1, 0.15) is 71.2 Å². The Hall–Kier alpha value is -4.13. The van der Waals surface area contributed by atoms with Crippen molar-refractivity contribution in [2.75, 3.05) is 18.6 Å². The molecule has 0 radical (unpaired) electrons. The molecule has 0 unspecified atom stereocenters. The largest absolute Gasteiger partial charge is 0.502 e. The summed E-state index contributed by atoms with van der Waals surface area (Å²) in [5.74, 6) is -1.66. The summed E-state index contributed by atoms with van der Waals surface area (Å²) in [5, 5.41) is 21.8. The van der Waals surface area contributed by atoms with Gasteiger partial charge in [-0.2, -0.15) is 0 Å². The van der Waals surface area contributed by atoms with Crippen molar-refractivity contribution >= 4 is 17.2 Å². The van der Waals surface area contributed by atoms with Crippen molar-refractivity contribution in [2.45, 2.75) is 57.5 Å². The minimum atomic E-state index is -0.747. The molecule has 6 rings (SSSR count). The molecule has 1 aliphatic heterocycles. The monoisotopic (exact) mass is 582 g/mol. The zero-order valence-electron chi connectivity index (χ0n) is 22.7. The third-order valence-corrected chi connectivity index (χ3v) is 9.14. The lowest BCUT2D eigenvalue weighted by molar-refractivity contribution is 0.0109. The Bertz CT molecular complexity index is 1710. The second kappa shape index (κ2) is 10.1. The van der Waals surface area contributed by atoms with Crippen LogP contribution in [0.4, 0.5) is 8.78 Å². The number of carbonyl (C=O) groups excluding carboxylic acids is 1. The number of oxazole rings is 1. The number of fused-ring (bicyclic) bond motifs is 1. The van der Waals surface area contributed by atoms with Crippen LogP contribution in [0, 0.1) is 18.6 Å². The molecule has 1 amide bonds. The van der Waals surface area contributed by atoms with E-state index < -0.39 is 34.4 Å². The van der Waals surface area contributed by atoms with Gasteiger partial charge >= 0.3 is 0 Å². The maximum Gasteiger partial charge on any atom is 0.278 e. The highest BCUT2D eigenvalue weighted by atomic mass is 32.1. The first-order valence-electron chi connectivity index (χ1n) is 13.4. The molecule has 1 saturated carbocycles. The SMILES string of the molecule is CCN1C(=O)c2c(O)c(=O)c(-c3nnc(Cc4ccc(F)cc4F)s3)cn2N(C)C12CCC(c1nc(C)co1)CC2. The number of benzene rings is 1. The average Bonchev–Trinajstić information content (AvgIpc) is 3.60. The van der Waals surface area contributed by atoms with Crippen LogP contribution in [0.2, 0.25) is 0 Å². The molecule has 1 N–H and O–H groups in total. The summed E-state index contributed by atoms with van der Waals surface area (Å²) in [7, 11) is 1.84. The normalized spacial score (nSPS) is 20.6. The maximum atomic E-state index is 14.2. The van der Waals surface area contributed by atoms with Gasteiger partial charge in [0.1, 0.15) is 28.6 Å². The standard InChI is InChI=1S/C28H28F2N6O4S/c1-4-35-27(39)22-24(38)23(37)19(26-33-32-21(41-26)11-17-5-6-18(29)12-20(17)30)13-36(22)34(3)28(35)9-7-16(8-10-28)25-31-15(2)14-40-25/h5-6,12-14,16,38H,4,7-11H2,1-3H3. The number of carbonyl (C=O) groups is 1. The molecule has 13 heteroatoms. The lowest BCUT2D eigenvalue weighted by Crippen LogP contribution is -2.70. The first kappa shape index (κ1) is 27.1. The zero-order chi connectivity index (χ0) is 29.1. The molecule has 10 nitrogen and oxygen atoms in total. The summed E-state index contributed by atoms with van der Waals surface area (Å²) in [5.41, 5.74) is -0.424. The molecule has 0 bridgehead atoms. The number of aromatic nitrogens is 4. The van der Waals surface area contributed by atoms with Crippen LogP contribution in [0.25, 0.3) is 10.6 Å². The molecule has 41 heavy (non-hydrogen) atoms. The van der Waals surface area contributed by atoms with Crippen molar-refractivity contribution in [2.24, 2.45) is 0 Å². The quantitative estimate of drug-likeness (QED) is 0.370. The molecule has 3 aromatic heterocycles. The first-order chi connectivity index (χ1) is 19.6. The van der Waals surface area contributed by atoms with Crippen molar-refractivity contribution in [1.29, 1.82) is 0 Å². The Morgan fingerprint density at radius 3 is 2.61 bits per heavy atom. The molecular formula is C28H28F2N6O4S. The van der Waals surface area contributed by atoms with Gasteiger partial charge in [0.15, 0.2) is 22.3 Å². The van der Waals surface area contributed by atoms with Gasteiger partial charge in [-0.15, -0.1) is 10.2 Å². The lowest BCUT2D eigenvalue weighted by atomic mass is 9.79. The van der Waals surface area contributed by atoms with Crippen molar-refractivity contribution in [3.63, 3.8) is 0 Å². The van der Waals surface area contributed by atoms with E-state index in [4.69, 9.17) is 4.42 Å². The number of hydrogen-bond acceptors (Lipinski definition) is 9. The molecule has 1 fully saturated rings. The number of hydrogen-bond donors (Lipinski definition) is 1. The summed E-state index contributed by atoms with van der Waals surface area (Å²) in [6.45, 7) is 4.15. The highest BCUT2D eigenvalue weighted by Crippen LogP contribution is 2.45. The van der Waals surface area contributed by atoms with Crippen LogP contribution in [-0.4, -0.2) is 55.0 Å². The van der Waals surface area contributed by atoms with E-state index >= 15 is 0 Å². The Morgan fingerprint density at radius 2 is 1.95 bits per heavy atom. The molecular weight excluding hydrogens is 554 g/mol. The van der Waals surface area contributed by atoms with E-state index in [1.54, 1.807) is 11.2 Å². The fourth-order valence-corrected chi connectivity index (χ4v) is 6.92. The molecule has 214 valence electrons. The maximum absolute atomic E-state index is 14.2. The number of halogens is 2. The minimum Gasteiger partial charge on any atom is -0.502 e. The van der Waals surface area contributed by atoms with E-state index in [2.05, 4.69) is 15.2 Å². The molecule has 0 saturated heterocycles. The van der Waals surface area contributed by atoms with Crippen molar-refractivity contribution in [3.05, 3.63) is 80.4 Å².